The molecule has 1 aromatic heterocycles. The van der Waals surface area contributed by atoms with E-state index in [2.05, 4.69) is 10.3 Å². The van der Waals surface area contributed by atoms with E-state index in [0.29, 0.717) is 5.13 Å². The maximum Gasteiger partial charge on any atom is 0.242 e. The summed E-state index contributed by atoms with van der Waals surface area (Å²) in [6.07, 6.45) is 0. The molecule has 0 bridgehead atoms. The van der Waals surface area contributed by atoms with Crippen LogP contribution >= 0.6 is 35.5 Å². The quantitative estimate of drug-likeness (QED) is 0.694. The van der Waals surface area contributed by atoms with Crippen LogP contribution in [0, 0.1) is 6.92 Å². The van der Waals surface area contributed by atoms with Gasteiger partial charge in [0.25, 0.3) is 0 Å². The van der Waals surface area contributed by atoms with Gasteiger partial charge in [0.05, 0.1) is 21.7 Å². The molecule has 0 saturated carbocycles. The number of amides is 2. The lowest BCUT2D eigenvalue weighted by Crippen LogP contribution is -2.32. The summed E-state index contributed by atoms with van der Waals surface area (Å²) in [6, 6.07) is -0.582. The van der Waals surface area contributed by atoms with Gasteiger partial charge >= 0.3 is 0 Å². The Morgan fingerprint density at radius 2 is 2.17 bits per heavy atom. The van der Waals surface area contributed by atoms with Crippen molar-refractivity contribution in [3.05, 3.63) is 5.69 Å². The average molecular weight is 311 g/mol. The van der Waals surface area contributed by atoms with Crippen LogP contribution in [0.2, 0.25) is 0 Å². The van der Waals surface area contributed by atoms with Gasteiger partial charge in [0.2, 0.25) is 11.8 Å². The molecule has 1 rings (SSSR count). The predicted molar refractivity (Wildman–Crippen MR) is 76.3 cm³/mol. The van der Waals surface area contributed by atoms with E-state index in [9.17, 15) is 9.59 Å². The number of aryl methyl sites for hydroxylation is 1. The smallest absolute Gasteiger partial charge is 0.242 e. The van der Waals surface area contributed by atoms with Gasteiger partial charge in [0, 0.05) is 0 Å². The maximum absolute atomic E-state index is 11.3. The average Bonchev–Trinajstić information content (AvgIpc) is 2.55. The van der Waals surface area contributed by atoms with Crippen LogP contribution in [0.4, 0.5) is 5.13 Å². The summed E-state index contributed by atoms with van der Waals surface area (Å²) in [5, 5.41) is 3.09. The highest BCUT2D eigenvalue weighted by molar-refractivity contribution is 8.01. The SMILES string of the molecule is Cc1nc(NC(=O)C(C)N)sc1SCC(N)=O.Cl. The number of carbonyl (C=O) groups is 2. The number of hydrogen-bond donors (Lipinski definition) is 3. The summed E-state index contributed by atoms with van der Waals surface area (Å²) < 4.78 is 0.865. The number of rotatable bonds is 5. The van der Waals surface area contributed by atoms with Gasteiger partial charge in [-0.1, -0.05) is 11.3 Å². The van der Waals surface area contributed by atoms with Crippen molar-refractivity contribution >= 4 is 52.5 Å². The fourth-order valence-corrected chi connectivity index (χ4v) is 2.81. The minimum absolute atomic E-state index is 0. The summed E-state index contributed by atoms with van der Waals surface area (Å²) >= 11 is 2.61. The lowest BCUT2D eigenvalue weighted by atomic mass is 10.3. The van der Waals surface area contributed by atoms with Gasteiger partial charge in [-0.3, -0.25) is 9.59 Å². The Balaban J connectivity index is 0.00000289. The van der Waals surface area contributed by atoms with Gasteiger partial charge < -0.3 is 16.8 Å². The third-order valence-corrected chi connectivity index (χ3v) is 4.20. The first-order chi connectivity index (χ1) is 7.90. The van der Waals surface area contributed by atoms with Gasteiger partial charge in [-0.25, -0.2) is 4.98 Å². The van der Waals surface area contributed by atoms with Gasteiger partial charge in [-0.15, -0.1) is 24.2 Å². The molecular weight excluding hydrogens is 296 g/mol. The molecule has 2 amide bonds. The van der Waals surface area contributed by atoms with Gasteiger partial charge in [0.1, 0.15) is 0 Å². The Labute approximate surface area is 119 Å². The van der Waals surface area contributed by atoms with Crippen LogP contribution in [0.5, 0.6) is 0 Å². The van der Waals surface area contributed by atoms with Crippen molar-refractivity contribution in [2.75, 3.05) is 11.1 Å². The van der Waals surface area contributed by atoms with E-state index >= 15 is 0 Å². The van der Waals surface area contributed by atoms with Crippen molar-refractivity contribution in [3.63, 3.8) is 0 Å². The monoisotopic (exact) mass is 310 g/mol. The van der Waals surface area contributed by atoms with E-state index in [4.69, 9.17) is 11.5 Å². The van der Waals surface area contributed by atoms with Crippen LogP contribution in [-0.2, 0) is 9.59 Å². The second-order valence-electron chi connectivity index (χ2n) is 3.42. The molecule has 102 valence electrons. The summed E-state index contributed by atoms with van der Waals surface area (Å²) in [5.41, 5.74) is 11.2. The van der Waals surface area contributed by atoms with Crippen molar-refractivity contribution in [2.45, 2.75) is 24.1 Å². The highest BCUT2D eigenvalue weighted by atomic mass is 35.5. The molecule has 6 nitrogen and oxygen atoms in total. The summed E-state index contributed by atoms with van der Waals surface area (Å²) in [6.45, 7) is 3.40. The van der Waals surface area contributed by atoms with E-state index in [1.54, 1.807) is 13.8 Å². The number of nitrogens with one attached hydrogen (secondary N) is 1. The molecule has 1 aromatic rings. The van der Waals surface area contributed by atoms with Crippen LogP contribution in [0.3, 0.4) is 0 Å². The highest BCUT2D eigenvalue weighted by Crippen LogP contribution is 2.31. The molecular formula is C9H15ClN4O2S2. The van der Waals surface area contributed by atoms with Crippen LogP contribution < -0.4 is 16.8 Å². The number of hydrogen-bond acceptors (Lipinski definition) is 6. The zero-order valence-electron chi connectivity index (χ0n) is 9.93. The summed E-state index contributed by atoms with van der Waals surface area (Å²) in [4.78, 5) is 26.2. The van der Waals surface area contributed by atoms with Crippen LogP contribution in [-0.4, -0.2) is 28.6 Å². The number of thioether (sulfide) groups is 1. The third kappa shape index (κ3) is 5.21. The molecule has 0 spiro atoms. The molecule has 9 heteroatoms. The fourth-order valence-electron chi connectivity index (χ4n) is 0.926. The van der Waals surface area contributed by atoms with Crippen LogP contribution in [0.1, 0.15) is 12.6 Å². The Morgan fingerprint density at radius 3 is 2.67 bits per heavy atom. The Morgan fingerprint density at radius 1 is 1.56 bits per heavy atom. The fraction of sp³-hybridized carbons (Fsp3) is 0.444. The van der Waals surface area contributed by atoms with E-state index in [1.807, 2.05) is 0 Å². The van der Waals surface area contributed by atoms with Crippen LogP contribution in [0.15, 0.2) is 4.21 Å². The molecule has 0 radical (unpaired) electrons. The Bertz CT molecular complexity index is 436. The molecule has 1 unspecified atom stereocenters. The summed E-state index contributed by atoms with van der Waals surface area (Å²) in [7, 11) is 0. The topological polar surface area (TPSA) is 111 Å². The summed E-state index contributed by atoms with van der Waals surface area (Å²) in [5.74, 6) is -0.474. The standard InChI is InChI=1S/C9H14N4O2S2.ClH/c1-4(10)7(15)13-9-12-5(2)8(17-9)16-3-6(11)14;/h4H,3,10H2,1-2H3,(H2,11,14)(H,12,13,15);1H. The van der Waals surface area contributed by atoms with Gasteiger partial charge in [-0.05, 0) is 13.8 Å². The first kappa shape index (κ1) is 17.2. The maximum atomic E-state index is 11.3. The van der Waals surface area contributed by atoms with E-state index in [0.717, 1.165) is 9.90 Å². The minimum atomic E-state index is -0.582. The van der Waals surface area contributed by atoms with Crippen molar-refractivity contribution < 1.29 is 9.59 Å². The zero-order chi connectivity index (χ0) is 13.0. The molecule has 0 aliphatic carbocycles. The Hall–Kier alpha value is -0.830. The van der Waals surface area contributed by atoms with Gasteiger partial charge in [0.15, 0.2) is 5.13 Å². The largest absolute Gasteiger partial charge is 0.369 e. The van der Waals surface area contributed by atoms with E-state index in [1.165, 1.54) is 23.1 Å². The molecule has 1 atom stereocenters. The number of thiazole rings is 1. The molecule has 0 fully saturated rings. The van der Waals surface area contributed by atoms with E-state index in [-0.39, 0.29) is 30.0 Å². The number of carbonyl (C=O) groups excluding carboxylic acids is 2. The number of nitrogens with two attached hydrogens (primary N) is 2. The second kappa shape index (κ2) is 7.57. The number of aromatic nitrogens is 1. The Kier molecular flexibility index (Phi) is 7.22. The van der Waals surface area contributed by atoms with E-state index < -0.39 is 6.04 Å². The molecule has 18 heavy (non-hydrogen) atoms. The lowest BCUT2D eigenvalue weighted by Gasteiger charge is -2.03. The highest BCUT2D eigenvalue weighted by Gasteiger charge is 2.13. The first-order valence-electron chi connectivity index (χ1n) is 4.85. The normalized spacial score (nSPS) is 11.5. The van der Waals surface area contributed by atoms with Crippen molar-refractivity contribution in [1.82, 2.24) is 4.98 Å². The molecule has 0 aromatic carbocycles. The molecule has 0 aliphatic rings. The molecule has 0 aliphatic heterocycles. The number of anilines is 1. The van der Waals surface area contributed by atoms with Crippen molar-refractivity contribution in [3.8, 4) is 0 Å². The number of nitrogens with zero attached hydrogens (tertiary/aromatic N) is 1. The van der Waals surface area contributed by atoms with Crippen LogP contribution in [0.25, 0.3) is 0 Å². The molecule has 1 heterocycles. The number of halogens is 1. The van der Waals surface area contributed by atoms with Crippen molar-refractivity contribution in [2.24, 2.45) is 11.5 Å². The zero-order valence-corrected chi connectivity index (χ0v) is 12.4. The molecule has 0 saturated heterocycles. The third-order valence-electron chi connectivity index (χ3n) is 1.74. The molecule has 5 N–H and O–H groups in total. The number of primary amides is 1. The minimum Gasteiger partial charge on any atom is -0.369 e. The van der Waals surface area contributed by atoms with Crippen molar-refractivity contribution in [1.29, 1.82) is 0 Å². The van der Waals surface area contributed by atoms with Gasteiger partial charge in [-0.2, -0.15) is 0 Å². The predicted octanol–water partition coefficient (Wildman–Crippen LogP) is 0.736. The first-order valence-corrected chi connectivity index (χ1v) is 6.65. The second-order valence-corrected chi connectivity index (χ2v) is 5.67. The lowest BCUT2D eigenvalue weighted by molar-refractivity contribution is -0.117.